The predicted octanol–water partition coefficient (Wildman–Crippen LogP) is 4.77. The fourth-order valence-electron chi connectivity index (χ4n) is 3.66. The minimum Gasteiger partial charge on any atom is -0.507 e. The second-order valence-electron chi connectivity index (χ2n) is 9.18. The van der Waals surface area contributed by atoms with E-state index < -0.39 is 0 Å². The van der Waals surface area contributed by atoms with Gasteiger partial charge in [-0.15, -0.1) is 0 Å². The molecular weight excluding hydrogens is 404 g/mol. The van der Waals surface area contributed by atoms with Gasteiger partial charge in [-0.25, -0.2) is 0 Å². The zero-order chi connectivity index (χ0) is 23.4. The molecule has 0 fully saturated rings. The Morgan fingerprint density at radius 3 is 2.38 bits per heavy atom. The van der Waals surface area contributed by atoms with Crippen molar-refractivity contribution >= 4 is 5.91 Å². The monoisotopic (exact) mass is 442 g/mol. The van der Waals surface area contributed by atoms with E-state index in [1.807, 2.05) is 24.3 Å². The van der Waals surface area contributed by atoms with Gasteiger partial charge in [-0.3, -0.25) is 4.79 Å². The average Bonchev–Trinajstić information content (AvgIpc) is 2.75. The number of ether oxygens (including phenoxy) is 2. The first-order valence-corrected chi connectivity index (χ1v) is 11.4. The van der Waals surface area contributed by atoms with Crippen molar-refractivity contribution in [2.24, 2.45) is 5.41 Å². The van der Waals surface area contributed by atoms with Crippen molar-refractivity contribution in [3.05, 3.63) is 54.1 Å². The average molecular weight is 443 g/mol. The molecule has 0 saturated heterocycles. The number of carbonyl (C=O) groups is 1. The molecule has 3 N–H and O–H groups in total. The standard InChI is InChI=1S/C26H38N2O4/c1-26(2,3)19-20(27-17-18-32-24-15-8-7-14-23(24)31-4)11-9-10-16-28-25(30)21-12-5-6-13-22(21)29/h5-8,12-15,20,27,29H,9-11,16-19H2,1-4H3,(H,28,30). The van der Waals surface area contributed by atoms with Gasteiger partial charge in [0.1, 0.15) is 12.4 Å². The maximum Gasteiger partial charge on any atom is 0.255 e. The first-order valence-electron chi connectivity index (χ1n) is 11.4. The molecule has 0 radical (unpaired) electrons. The largest absolute Gasteiger partial charge is 0.507 e. The number of hydrogen-bond acceptors (Lipinski definition) is 5. The summed E-state index contributed by atoms with van der Waals surface area (Å²) in [6, 6.07) is 14.6. The summed E-state index contributed by atoms with van der Waals surface area (Å²) >= 11 is 0. The zero-order valence-corrected chi connectivity index (χ0v) is 19.8. The number of methoxy groups -OCH3 is 1. The molecule has 0 aliphatic rings. The molecule has 2 aromatic carbocycles. The van der Waals surface area contributed by atoms with Crippen molar-refractivity contribution in [3.8, 4) is 17.2 Å². The van der Waals surface area contributed by atoms with E-state index in [2.05, 4.69) is 31.4 Å². The van der Waals surface area contributed by atoms with Gasteiger partial charge in [-0.05, 0) is 48.9 Å². The maximum atomic E-state index is 12.2. The molecule has 0 spiro atoms. The Morgan fingerprint density at radius 2 is 1.69 bits per heavy atom. The number of aromatic hydroxyl groups is 1. The Hall–Kier alpha value is -2.73. The molecule has 32 heavy (non-hydrogen) atoms. The molecule has 2 rings (SSSR count). The van der Waals surface area contributed by atoms with Crippen molar-refractivity contribution in [2.75, 3.05) is 26.8 Å². The van der Waals surface area contributed by atoms with Crippen molar-refractivity contribution in [1.82, 2.24) is 10.6 Å². The molecule has 1 unspecified atom stereocenters. The molecule has 2 aromatic rings. The number of hydrogen-bond donors (Lipinski definition) is 3. The highest BCUT2D eigenvalue weighted by Gasteiger charge is 2.18. The molecule has 0 bridgehead atoms. The summed E-state index contributed by atoms with van der Waals surface area (Å²) in [4.78, 5) is 12.2. The topological polar surface area (TPSA) is 79.8 Å². The van der Waals surface area contributed by atoms with Crippen LogP contribution >= 0.6 is 0 Å². The molecule has 1 atom stereocenters. The van der Waals surface area contributed by atoms with Crippen LogP contribution in [0.25, 0.3) is 0 Å². The third-order valence-corrected chi connectivity index (χ3v) is 5.13. The van der Waals surface area contributed by atoms with Crippen LogP contribution in [0.3, 0.4) is 0 Å². The summed E-state index contributed by atoms with van der Waals surface area (Å²) in [6.07, 6.45) is 3.98. The van der Waals surface area contributed by atoms with Crippen LogP contribution in [0.2, 0.25) is 0 Å². The highest BCUT2D eigenvalue weighted by molar-refractivity contribution is 5.96. The van der Waals surface area contributed by atoms with Crippen LogP contribution in [0, 0.1) is 5.41 Å². The van der Waals surface area contributed by atoms with Crippen molar-refractivity contribution in [3.63, 3.8) is 0 Å². The van der Waals surface area contributed by atoms with Crippen LogP contribution in [0.1, 0.15) is 56.8 Å². The summed E-state index contributed by atoms with van der Waals surface area (Å²) in [5, 5.41) is 16.3. The number of rotatable bonds is 13. The van der Waals surface area contributed by atoms with Gasteiger partial charge >= 0.3 is 0 Å². The highest BCUT2D eigenvalue weighted by Crippen LogP contribution is 2.26. The first kappa shape index (κ1) is 25.5. The first-order chi connectivity index (χ1) is 15.3. The molecule has 0 aliphatic heterocycles. The number of benzene rings is 2. The summed E-state index contributed by atoms with van der Waals surface area (Å²) < 4.78 is 11.2. The van der Waals surface area contributed by atoms with E-state index in [-0.39, 0.29) is 17.1 Å². The van der Waals surface area contributed by atoms with Gasteiger partial charge in [0.15, 0.2) is 11.5 Å². The minimum absolute atomic E-state index is 0.00906. The fourth-order valence-corrected chi connectivity index (χ4v) is 3.66. The Morgan fingerprint density at radius 1 is 1.00 bits per heavy atom. The molecule has 176 valence electrons. The van der Waals surface area contributed by atoms with E-state index in [1.54, 1.807) is 25.3 Å². The zero-order valence-electron chi connectivity index (χ0n) is 19.8. The maximum absolute atomic E-state index is 12.2. The SMILES string of the molecule is COc1ccccc1OCCNC(CCCCNC(=O)c1ccccc1O)CC(C)(C)C. The Kier molecular flexibility index (Phi) is 10.3. The third-order valence-electron chi connectivity index (χ3n) is 5.13. The van der Waals surface area contributed by atoms with E-state index in [9.17, 15) is 9.90 Å². The van der Waals surface area contributed by atoms with Crippen LogP contribution < -0.4 is 20.1 Å². The summed E-state index contributed by atoms with van der Waals surface area (Å²) in [5.41, 5.74) is 0.537. The van der Waals surface area contributed by atoms with Crippen molar-refractivity contribution in [1.29, 1.82) is 0 Å². The quantitative estimate of drug-likeness (QED) is 0.389. The lowest BCUT2D eigenvalue weighted by Crippen LogP contribution is -2.36. The number of amides is 1. The second kappa shape index (κ2) is 13.0. The van der Waals surface area contributed by atoms with Gasteiger partial charge < -0.3 is 25.2 Å². The lowest BCUT2D eigenvalue weighted by molar-refractivity contribution is 0.0950. The van der Waals surface area contributed by atoms with Gasteiger partial charge in [-0.2, -0.15) is 0 Å². The predicted molar refractivity (Wildman–Crippen MR) is 129 cm³/mol. The van der Waals surface area contributed by atoms with Crippen LogP contribution in [0.5, 0.6) is 17.2 Å². The molecule has 1 amide bonds. The summed E-state index contributed by atoms with van der Waals surface area (Å²) in [6.45, 7) is 8.66. The number of phenolic OH excluding ortho intramolecular Hbond substituents is 1. The lowest BCUT2D eigenvalue weighted by Gasteiger charge is -2.27. The van der Waals surface area contributed by atoms with Gasteiger partial charge in [0, 0.05) is 19.1 Å². The highest BCUT2D eigenvalue weighted by atomic mass is 16.5. The normalized spacial score (nSPS) is 12.2. The van der Waals surface area contributed by atoms with Gasteiger partial charge in [0.25, 0.3) is 5.91 Å². The van der Waals surface area contributed by atoms with E-state index in [1.165, 1.54) is 6.07 Å². The molecule has 6 heteroatoms. The Balaban J connectivity index is 1.72. The van der Waals surface area contributed by atoms with Crippen molar-refractivity contribution < 1.29 is 19.4 Å². The van der Waals surface area contributed by atoms with E-state index >= 15 is 0 Å². The van der Waals surface area contributed by atoms with E-state index in [0.717, 1.165) is 43.7 Å². The molecule has 0 heterocycles. The number of carbonyl (C=O) groups excluding carboxylic acids is 1. The minimum atomic E-state index is -0.235. The molecule has 0 aromatic heterocycles. The fraction of sp³-hybridized carbons (Fsp3) is 0.500. The Bertz CT molecular complexity index is 833. The number of unbranched alkanes of at least 4 members (excludes halogenated alkanes) is 1. The molecular formula is C26H38N2O4. The smallest absolute Gasteiger partial charge is 0.255 e. The number of para-hydroxylation sites is 3. The number of nitrogens with one attached hydrogen (secondary N) is 2. The van der Waals surface area contributed by atoms with E-state index in [4.69, 9.17) is 9.47 Å². The van der Waals surface area contributed by atoms with Gasteiger partial charge in [-0.1, -0.05) is 51.5 Å². The van der Waals surface area contributed by atoms with Crippen LogP contribution in [-0.2, 0) is 0 Å². The Labute approximate surface area is 192 Å². The van der Waals surface area contributed by atoms with Crippen LogP contribution in [0.15, 0.2) is 48.5 Å². The van der Waals surface area contributed by atoms with Crippen LogP contribution in [0.4, 0.5) is 0 Å². The summed E-state index contributed by atoms with van der Waals surface area (Å²) in [5.74, 6) is 1.27. The third kappa shape index (κ3) is 9.18. The number of phenols is 1. The molecule has 0 saturated carbocycles. The summed E-state index contributed by atoms with van der Waals surface area (Å²) in [7, 11) is 1.64. The lowest BCUT2D eigenvalue weighted by atomic mass is 9.86. The van der Waals surface area contributed by atoms with Crippen molar-refractivity contribution in [2.45, 2.75) is 52.5 Å². The molecule has 6 nitrogen and oxygen atoms in total. The molecule has 0 aliphatic carbocycles. The van der Waals surface area contributed by atoms with Crippen LogP contribution in [-0.4, -0.2) is 43.9 Å². The van der Waals surface area contributed by atoms with E-state index in [0.29, 0.717) is 24.8 Å². The van der Waals surface area contributed by atoms with Gasteiger partial charge in [0.05, 0.1) is 12.7 Å². The van der Waals surface area contributed by atoms with Gasteiger partial charge in [0.2, 0.25) is 0 Å². The second-order valence-corrected chi connectivity index (χ2v) is 9.18.